The highest BCUT2D eigenvalue weighted by molar-refractivity contribution is 7.88. The first-order chi connectivity index (χ1) is 12.8. The van der Waals surface area contributed by atoms with Gasteiger partial charge in [-0.2, -0.15) is 4.98 Å². The van der Waals surface area contributed by atoms with E-state index >= 15 is 0 Å². The van der Waals surface area contributed by atoms with Gasteiger partial charge in [-0.1, -0.05) is 29.4 Å². The van der Waals surface area contributed by atoms with E-state index in [-0.39, 0.29) is 24.9 Å². The van der Waals surface area contributed by atoms with E-state index in [2.05, 4.69) is 10.1 Å². The summed E-state index contributed by atoms with van der Waals surface area (Å²) in [7, 11) is -1.62. The first-order valence-electron chi connectivity index (χ1n) is 8.84. The zero-order valence-corrected chi connectivity index (χ0v) is 16.6. The number of hydrogen-bond acceptors (Lipinski definition) is 6. The molecule has 9 heteroatoms. The summed E-state index contributed by atoms with van der Waals surface area (Å²) in [6, 6.07) is 7.74. The van der Waals surface area contributed by atoms with Gasteiger partial charge in [0, 0.05) is 25.7 Å². The van der Waals surface area contributed by atoms with Crippen LogP contribution in [0, 0.1) is 12.8 Å². The van der Waals surface area contributed by atoms with Gasteiger partial charge in [0.25, 0.3) is 0 Å². The third-order valence-corrected chi connectivity index (χ3v) is 6.07. The maximum absolute atomic E-state index is 12.7. The number of amides is 1. The van der Waals surface area contributed by atoms with Crippen LogP contribution in [-0.2, 0) is 21.4 Å². The quantitative estimate of drug-likeness (QED) is 0.768. The van der Waals surface area contributed by atoms with Gasteiger partial charge < -0.3 is 9.42 Å². The lowest BCUT2D eigenvalue weighted by Crippen LogP contribution is -2.45. The van der Waals surface area contributed by atoms with Crippen LogP contribution in [0.2, 0.25) is 0 Å². The molecule has 0 radical (unpaired) electrons. The van der Waals surface area contributed by atoms with Crippen molar-refractivity contribution in [3.63, 3.8) is 0 Å². The molecule has 1 aromatic carbocycles. The minimum Gasteiger partial charge on any atom is -0.337 e. The number of piperidine rings is 1. The van der Waals surface area contributed by atoms with E-state index in [0.717, 1.165) is 11.1 Å². The second-order valence-electron chi connectivity index (χ2n) is 6.98. The van der Waals surface area contributed by atoms with Crippen molar-refractivity contribution in [3.05, 3.63) is 35.7 Å². The standard InChI is InChI=1S/C18H24N4O4S/c1-13-7-4-5-9-15(13)17-19-16(26-20-17)12-21(2)18(23)14-8-6-10-22(11-14)27(3,24)25/h4-5,7,9,14H,6,8,10-12H2,1-3H3/t14-/m0/s1. The molecule has 1 aromatic heterocycles. The van der Waals surface area contributed by atoms with Crippen molar-refractivity contribution < 1.29 is 17.7 Å². The normalized spacial score (nSPS) is 18.4. The summed E-state index contributed by atoms with van der Waals surface area (Å²) in [4.78, 5) is 18.6. The highest BCUT2D eigenvalue weighted by Crippen LogP contribution is 2.22. The van der Waals surface area contributed by atoms with Crippen molar-refractivity contribution in [2.75, 3.05) is 26.4 Å². The Bertz CT molecular complexity index is 925. The van der Waals surface area contributed by atoms with E-state index in [0.29, 0.717) is 31.1 Å². The van der Waals surface area contributed by atoms with E-state index in [1.54, 1.807) is 7.05 Å². The molecular weight excluding hydrogens is 368 g/mol. The minimum atomic E-state index is -3.29. The molecule has 0 aliphatic carbocycles. The van der Waals surface area contributed by atoms with Crippen molar-refractivity contribution in [1.29, 1.82) is 0 Å². The van der Waals surface area contributed by atoms with Crippen LogP contribution in [0.1, 0.15) is 24.3 Å². The molecule has 0 bridgehead atoms. The van der Waals surface area contributed by atoms with Gasteiger partial charge in [-0.15, -0.1) is 0 Å². The molecule has 1 saturated heterocycles. The molecule has 2 heterocycles. The number of benzene rings is 1. The number of carbonyl (C=O) groups excluding carboxylic acids is 1. The molecule has 1 aliphatic rings. The first-order valence-corrected chi connectivity index (χ1v) is 10.7. The molecule has 0 spiro atoms. The van der Waals surface area contributed by atoms with E-state index in [1.165, 1.54) is 15.5 Å². The van der Waals surface area contributed by atoms with Crippen molar-refractivity contribution >= 4 is 15.9 Å². The second-order valence-corrected chi connectivity index (χ2v) is 8.96. The second kappa shape index (κ2) is 7.77. The van der Waals surface area contributed by atoms with Crippen LogP contribution in [0.25, 0.3) is 11.4 Å². The molecule has 3 rings (SSSR count). The highest BCUT2D eigenvalue weighted by Gasteiger charge is 2.32. The largest absolute Gasteiger partial charge is 0.337 e. The van der Waals surface area contributed by atoms with Gasteiger partial charge in [0.1, 0.15) is 0 Å². The van der Waals surface area contributed by atoms with Crippen LogP contribution in [0.4, 0.5) is 0 Å². The van der Waals surface area contributed by atoms with E-state index in [4.69, 9.17) is 4.52 Å². The zero-order chi connectivity index (χ0) is 19.6. The van der Waals surface area contributed by atoms with Crippen molar-refractivity contribution in [2.24, 2.45) is 5.92 Å². The van der Waals surface area contributed by atoms with E-state index in [1.807, 2.05) is 31.2 Å². The average molecular weight is 392 g/mol. The molecule has 1 amide bonds. The summed E-state index contributed by atoms with van der Waals surface area (Å²) in [5.41, 5.74) is 1.93. The van der Waals surface area contributed by atoms with Crippen molar-refractivity contribution in [2.45, 2.75) is 26.3 Å². The molecule has 2 aromatic rings. The number of sulfonamides is 1. The number of aromatic nitrogens is 2. The van der Waals surface area contributed by atoms with Crippen LogP contribution in [0.5, 0.6) is 0 Å². The third kappa shape index (κ3) is 4.54. The van der Waals surface area contributed by atoms with Crippen LogP contribution in [0.3, 0.4) is 0 Å². The van der Waals surface area contributed by atoms with Crippen LogP contribution >= 0.6 is 0 Å². The van der Waals surface area contributed by atoms with Gasteiger partial charge in [-0.05, 0) is 25.3 Å². The average Bonchev–Trinajstić information content (AvgIpc) is 3.09. The predicted octanol–water partition coefficient (Wildman–Crippen LogP) is 1.68. The third-order valence-electron chi connectivity index (χ3n) is 4.81. The Morgan fingerprint density at radius 3 is 2.81 bits per heavy atom. The summed E-state index contributed by atoms with van der Waals surface area (Å²) in [5, 5.41) is 4.00. The Balaban J connectivity index is 1.66. The number of hydrogen-bond donors (Lipinski definition) is 0. The number of rotatable bonds is 5. The summed E-state index contributed by atoms with van der Waals surface area (Å²) in [6.07, 6.45) is 2.53. The maximum atomic E-state index is 12.7. The van der Waals surface area contributed by atoms with Crippen LogP contribution in [-0.4, -0.2) is 60.1 Å². The van der Waals surface area contributed by atoms with Crippen LogP contribution in [0.15, 0.2) is 28.8 Å². The molecule has 1 fully saturated rings. The van der Waals surface area contributed by atoms with E-state index in [9.17, 15) is 13.2 Å². The van der Waals surface area contributed by atoms with Gasteiger partial charge in [0.05, 0.1) is 18.7 Å². The topological polar surface area (TPSA) is 96.6 Å². The predicted molar refractivity (Wildman–Crippen MR) is 100 cm³/mol. The molecule has 0 unspecified atom stereocenters. The Labute approximate surface area is 159 Å². The fourth-order valence-electron chi connectivity index (χ4n) is 3.29. The molecule has 8 nitrogen and oxygen atoms in total. The molecule has 27 heavy (non-hydrogen) atoms. The van der Waals surface area contributed by atoms with Gasteiger partial charge in [-0.3, -0.25) is 4.79 Å². The summed E-state index contributed by atoms with van der Waals surface area (Å²) >= 11 is 0. The van der Waals surface area contributed by atoms with E-state index < -0.39 is 10.0 Å². The number of aryl methyl sites for hydroxylation is 1. The molecular formula is C18H24N4O4S. The first kappa shape index (κ1) is 19.5. The lowest BCUT2D eigenvalue weighted by Gasteiger charge is -2.32. The number of nitrogens with zero attached hydrogens (tertiary/aromatic N) is 4. The van der Waals surface area contributed by atoms with Crippen molar-refractivity contribution in [3.8, 4) is 11.4 Å². The lowest BCUT2D eigenvalue weighted by atomic mass is 9.98. The molecule has 146 valence electrons. The van der Waals surface area contributed by atoms with Crippen LogP contribution < -0.4 is 0 Å². The smallest absolute Gasteiger partial charge is 0.246 e. The molecule has 1 atom stereocenters. The Morgan fingerprint density at radius 2 is 2.11 bits per heavy atom. The van der Waals surface area contributed by atoms with Crippen molar-refractivity contribution in [1.82, 2.24) is 19.3 Å². The number of carbonyl (C=O) groups is 1. The summed E-state index contributed by atoms with van der Waals surface area (Å²) in [5.74, 6) is 0.376. The fraction of sp³-hybridized carbons (Fsp3) is 0.500. The monoisotopic (exact) mass is 392 g/mol. The van der Waals surface area contributed by atoms with Gasteiger partial charge in [0.2, 0.25) is 27.6 Å². The maximum Gasteiger partial charge on any atom is 0.246 e. The summed E-state index contributed by atoms with van der Waals surface area (Å²) in [6.45, 7) is 2.85. The molecule has 1 aliphatic heterocycles. The SMILES string of the molecule is Cc1ccccc1-c1noc(CN(C)C(=O)[C@H]2CCCN(S(C)(=O)=O)C2)n1. The summed E-state index contributed by atoms with van der Waals surface area (Å²) < 4.78 is 30.2. The Hall–Kier alpha value is -2.26. The Kier molecular flexibility index (Phi) is 5.61. The zero-order valence-electron chi connectivity index (χ0n) is 15.8. The highest BCUT2D eigenvalue weighted by atomic mass is 32.2. The Morgan fingerprint density at radius 1 is 1.37 bits per heavy atom. The fourth-order valence-corrected chi connectivity index (χ4v) is 4.20. The lowest BCUT2D eigenvalue weighted by molar-refractivity contribution is -0.136. The minimum absolute atomic E-state index is 0.112. The van der Waals surface area contributed by atoms with Gasteiger partial charge in [0.15, 0.2) is 0 Å². The molecule has 0 saturated carbocycles. The van der Waals surface area contributed by atoms with Gasteiger partial charge in [-0.25, -0.2) is 12.7 Å². The van der Waals surface area contributed by atoms with Gasteiger partial charge >= 0.3 is 0 Å². The molecule has 0 N–H and O–H groups in total.